The van der Waals surface area contributed by atoms with E-state index in [0.717, 1.165) is 44.1 Å². The molecule has 1 aliphatic rings. The lowest BCUT2D eigenvalue weighted by molar-refractivity contribution is 0.245. The van der Waals surface area contributed by atoms with Crippen LogP contribution in [0.3, 0.4) is 0 Å². The van der Waals surface area contributed by atoms with E-state index in [1.54, 1.807) is 0 Å². The van der Waals surface area contributed by atoms with Crippen molar-refractivity contribution >= 4 is 17.6 Å². The first-order valence-corrected chi connectivity index (χ1v) is 10.4. The van der Waals surface area contributed by atoms with Crippen LogP contribution in [0, 0.1) is 6.92 Å². The molecule has 0 saturated carbocycles. The summed E-state index contributed by atoms with van der Waals surface area (Å²) in [6.07, 6.45) is 5.26. The van der Waals surface area contributed by atoms with Gasteiger partial charge in [0, 0.05) is 26.3 Å². The van der Waals surface area contributed by atoms with Gasteiger partial charge in [0.2, 0.25) is 0 Å². The van der Waals surface area contributed by atoms with Crippen molar-refractivity contribution in [2.45, 2.75) is 32.2 Å². The van der Waals surface area contributed by atoms with E-state index in [9.17, 15) is 0 Å². The maximum absolute atomic E-state index is 5.84. The van der Waals surface area contributed by atoms with Gasteiger partial charge in [0.15, 0.2) is 5.96 Å². The zero-order valence-corrected chi connectivity index (χ0v) is 17.5. The Kier molecular flexibility index (Phi) is 7.69. The summed E-state index contributed by atoms with van der Waals surface area (Å²) in [6, 6.07) is 13.1. The summed E-state index contributed by atoms with van der Waals surface area (Å²) in [4.78, 5) is 11.1. The summed E-state index contributed by atoms with van der Waals surface area (Å²) < 4.78 is 0. The predicted octanol–water partition coefficient (Wildman–Crippen LogP) is 3.59. The molecule has 0 aliphatic carbocycles. The molecule has 2 aromatic rings. The van der Waals surface area contributed by atoms with E-state index in [-0.39, 0.29) is 0 Å². The Morgan fingerprint density at radius 2 is 1.89 bits per heavy atom. The molecule has 0 amide bonds. The predicted molar refractivity (Wildman–Crippen MR) is 117 cm³/mol. The molecule has 1 aromatic heterocycles. The van der Waals surface area contributed by atoms with Crippen LogP contribution in [0.1, 0.15) is 35.6 Å². The highest BCUT2D eigenvalue weighted by molar-refractivity contribution is 6.29. The number of hydrogen-bond donors (Lipinski definition) is 2. The number of hydrogen-bond acceptors (Lipinski definition) is 3. The number of benzene rings is 1. The molecule has 1 unspecified atom stereocenters. The van der Waals surface area contributed by atoms with Crippen molar-refractivity contribution in [3.8, 4) is 0 Å². The Bertz CT molecular complexity index is 752. The Morgan fingerprint density at radius 1 is 1.14 bits per heavy atom. The molecule has 0 radical (unpaired) electrons. The minimum Gasteiger partial charge on any atom is -0.356 e. The molecule has 0 bridgehead atoms. The van der Waals surface area contributed by atoms with Crippen molar-refractivity contribution < 1.29 is 0 Å². The summed E-state index contributed by atoms with van der Waals surface area (Å²) in [6.45, 7) is 6.09. The summed E-state index contributed by atoms with van der Waals surface area (Å²) in [7, 11) is 1.82. The van der Waals surface area contributed by atoms with Gasteiger partial charge < -0.3 is 10.6 Å². The molecular weight excluding hydrogens is 370 g/mol. The zero-order chi connectivity index (χ0) is 19.8. The van der Waals surface area contributed by atoms with E-state index in [1.807, 2.05) is 25.4 Å². The smallest absolute Gasteiger partial charge is 0.191 e. The quantitative estimate of drug-likeness (QED) is 0.424. The van der Waals surface area contributed by atoms with Gasteiger partial charge in [-0.3, -0.25) is 9.89 Å². The van der Waals surface area contributed by atoms with Crippen LogP contribution >= 0.6 is 11.6 Å². The van der Waals surface area contributed by atoms with Gasteiger partial charge in [-0.1, -0.05) is 47.5 Å². The first-order chi connectivity index (χ1) is 13.7. The lowest BCUT2D eigenvalue weighted by Crippen LogP contribution is -2.43. The highest BCUT2D eigenvalue weighted by Gasteiger charge is 2.23. The molecule has 0 spiro atoms. The number of aliphatic imine (C=N–C) groups is 1. The van der Waals surface area contributed by atoms with Gasteiger partial charge >= 0.3 is 0 Å². The molecule has 2 N–H and O–H groups in total. The number of likely N-dealkylation sites (tertiary alicyclic amines) is 1. The molecule has 150 valence electrons. The molecule has 2 heterocycles. The number of aromatic nitrogens is 1. The average molecular weight is 400 g/mol. The number of guanidine groups is 1. The maximum Gasteiger partial charge on any atom is 0.191 e. The molecule has 1 saturated heterocycles. The summed E-state index contributed by atoms with van der Waals surface area (Å²) in [5.41, 5.74) is 3.82. The van der Waals surface area contributed by atoms with Gasteiger partial charge in [0.25, 0.3) is 0 Å². The molecular formula is C22H30ClN5. The number of aryl methyl sites for hydroxylation is 1. The van der Waals surface area contributed by atoms with Gasteiger partial charge in [-0.25, -0.2) is 4.98 Å². The van der Waals surface area contributed by atoms with E-state index < -0.39 is 0 Å². The third-order valence-corrected chi connectivity index (χ3v) is 5.45. The minimum absolute atomic E-state index is 0.363. The van der Waals surface area contributed by atoms with Crippen LogP contribution in [-0.2, 0) is 6.42 Å². The second kappa shape index (κ2) is 10.4. The van der Waals surface area contributed by atoms with Crippen molar-refractivity contribution in [2.24, 2.45) is 4.99 Å². The molecule has 5 nitrogen and oxygen atoms in total. The van der Waals surface area contributed by atoms with Gasteiger partial charge in [-0.2, -0.15) is 0 Å². The fourth-order valence-electron chi connectivity index (χ4n) is 3.59. The van der Waals surface area contributed by atoms with Crippen LogP contribution in [0.25, 0.3) is 0 Å². The topological polar surface area (TPSA) is 52.6 Å². The Hall–Kier alpha value is -2.11. The third kappa shape index (κ3) is 5.94. The number of halogens is 1. The highest BCUT2D eigenvalue weighted by Crippen LogP contribution is 2.24. The van der Waals surface area contributed by atoms with Crippen LogP contribution in [0.4, 0.5) is 0 Å². The number of pyridine rings is 1. The molecule has 6 heteroatoms. The van der Waals surface area contributed by atoms with Gasteiger partial charge in [-0.05, 0) is 56.5 Å². The van der Waals surface area contributed by atoms with Crippen molar-refractivity contribution in [3.63, 3.8) is 0 Å². The van der Waals surface area contributed by atoms with Gasteiger partial charge in [-0.15, -0.1) is 0 Å². The van der Waals surface area contributed by atoms with Crippen molar-refractivity contribution in [1.82, 2.24) is 20.5 Å². The number of rotatable bonds is 7. The lowest BCUT2D eigenvalue weighted by atomic mass is 10.0. The Morgan fingerprint density at radius 3 is 2.54 bits per heavy atom. The standard InChI is InChI=1S/C22H30ClN5/c1-17-5-8-19(9-6-17)20(28-13-3-4-14-28)16-27-22(24-2)25-12-11-18-7-10-21(23)26-15-18/h5-10,15,20H,3-4,11-14,16H2,1-2H3,(H2,24,25,27). The summed E-state index contributed by atoms with van der Waals surface area (Å²) in [5, 5.41) is 7.44. The van der Waals surface area contributed by atoms with Crippen molar-refractivity contribution in [2.75, 3.05) is 33.2 Å². The highest BCUT2D eigenvalue weighted by atomic mass is 35.5. The minimum atomic E-state index is 0.363. The van der Waals surface area contributed by atoms with Crippen LogP contribution in [0.2, 0.25) is 5.15 Å². The van der Waals surface area contributed by atoms with Gasteiger partial charge in [0.05, 0.1) is 6.04 Å². The second-order valence-electron chi connectivity index (χ2n) is 7.29. The van der Waals surface area contributed by atoms with Crippen molar-refractivity contribution in [3.05, 3.63) is 64.4 Å². The Labute approximate surface area is 173 Å². The fraction of sp³-hybridized carbons (Fsp3) is 0.455. The lowest BCUT2D eigenvalue weighted by Gasteiger charge is -2.29. The zero-order valence-electron chi connectivity index (χ0n) is 16.8. The summed E-state index contributed by atoms with van der Waals surface area (Å²) in [5.74, 6) is 0.832. The number of nitrogens with zero attached hydrogens (tertiary/aromatic N) is 3. The van der Waals surface area contributed by atoms with Crippen LogP contribution < -0.4 is 10.6 Å². The number of nitrogens with one attached hydrogen (secondary N) is 2. The molecule has 1 aromatic carbocycles. The SMILES string of the molecule is CN=C(NCCc1ccc(Cl)nc1)NCC(c1ccc(C)cc1)N1CCCC1. The van der Waals surface area contributed by atoms with E-state index in [4.69, 9.17) is 11.6 Å². The van der Waals surface area contributed by atoms with Gasteiger partial charge in [0.1, 0.15) is 5.15 Å². The van der Waals surface area contributed by atoms with E-state index >= 15 is 0 Å². The molecule has 1 atom stereocenters. The molecule has 1 aliphatic heterocycles. The molecule has 1 fully saturated rings. The second-order valence-corrected chi connectivity index (χ2v) is 7.68. The van der Waals surface area contributed by atoms with Crippen molar-refractivity contribution in [1.29, 1.82) is 0 Å². The molecule has 3 rings (SSSR count). The third-order valence-electron chi connectivity index (χ3n) is 5.22. The van der Waals surface area contributed by atoms with Crippen LogP contribution in [0.5, 0.6) is 0 Å². The average Bonchev–Trinajstić information content (AvgIpc) is 3.24. The normalized spacial score (nSPS) is 16.2. The first kappa shape index (κ1) is 20.6. The van der Waals surface area contributed by atoms with Crippen LogP contribution in [0.15, 0.2) is 47.6 Å². The van der Waals surface area contributed by atoms with Crippen LogP contribution in [-0.4, -0.2) is 49.1 Å². The maximum atomic E-state index is 5.84. The molecule has 28 heavy (non-hydrogen) atoms. The van der Waals surface area contributed by atoms with E-state index in [1.165, 1.54) is 24.0 Å². The first-order valence-electron chi connectivity index (χ1n) is 10.0. The fourth-order valence-corrected chi connectivity index (χ4v) is 3.70. The monoisotopic (exact) mass is 399 g/mol. The summed E-state index contributed by atoms with van der Waals surface area (Å²) >= 11 is 5.84. The van der Waals surface area contributed by atoms with E-state index in [0.29, 0.717) is 11.2 Å². The largest absolute Gasteiger partial charge is 0.356 e. The van der Waals surface area contributed by atoms with E-state index in [2.05, 4.69) is 56.7 Å². The Balaban J connectivity index is 1.54.